The summed E-state index contributed by atoms with van der Waals surface area (Å²) < 4.78 is 13.9. The van der Waals surface area contributed by atoms with Gasteiger partial charge in [-0.15, -0.1) is 0 Å². The highest BCUT2D eigenvalue weighted by molar-refractivity contribution is 7.98. The number of anilines is 1. The van der Waals surface area contributed by atoms with E-state index in [1.54, 1.807) is 6.07 Å². The predicted octanol–water partition coefficient (Wildman–Crippen LogP) is 3.42. The van der Waals surface area contributed by atoms with Crippen LogP contribution in [0.4, 0.5) is 10.1 Å². The van der Waals surface area contributed by atoms with Gasteiger partial charge in [-0.1, -0.05) is 13.0 Å². The molecular formula is C14H23FN2S. The molecule has 0 saturated carbocycles. The molecule has 1 unspecified atom stereocenters. The average Bonchev–Trinajstić information content (AvgIpc) is 2.34. The first-order valence-corrected chi connectivity index (χ1v) is 7.68. The number of benzene rings is 1. The summed E-state index contributed by atoms with van der Waals surface area (Å²) in [5.41, 5.74) is 7.42. The Morgan fingerprint density at radius 3 is 2.61 bits per heavy atom. The molecule has 2 atom stereocenters. The van der Waals surface area contributed by atoms with E-state index in [9.17, 15) is 4.39 Å². The summed E-state index contributed by atoms with van der Waals surface area (Å²) in [6.07, 6.45) is 3.13. The topological polar surface area (TPSA) is 29.3 Å². The van der Waals surface area contributed by atoms with Gasteiger partial charge in [-0.25, -0.2) is 4.39 Å². The molecule has 0 heterocycles. The minimum atomic E-state index is -0.296. The van der Waals surface area contributed by atoms with Crippen LogP contribution in [0.1, 0.15) is 31.9 Å². The van der Waals surface area contributed by atoms with Gasteiger partial charge >= 0.3 is 0 Å². The third-order valence-electron chi connectivity index (χ3n) is 3.24. The van der Waals surface area contributed by atoms with Crippen molar-refractivity contribution >= 4 is 17.4 Å². The van der Waals surface area contributed by atoms with E-state index in [1.807, 2.05) is 31.8 Å². The lowest BCUT2D eigenvalue weighted by Crippen LogP contribution is -2.34. The van der Waals surface area contributed by atoms with Crippen LogP contribution in [0.5, 0.6) is 0 Å². The first-order valence-electron chi connectivity index (χ1n) is 6.28. The molecule has 1 aromatic carbocycles. The van der Waals surface area contributed by atoms with Gasteiger partial charge in [0.05, 0.1) is 0 Å². The fourth-order valence-corrected chi connectivity index (χ4v) is 3.02. The lowest BCUT2D eigenvalue weighted by atomic mass is 10.0. The van der Waals surface area contributed by atoms with Crippen molar-refractivity contribution in [3.05, 3.63) is 29.6 Å². The molecule has 0 fully saturated rings. The van der Waals surface area contributed by atoms with E-state index in [4.69, 9.17) is 5.73 Å². The minimum Gasteiger partial charge on any atom is -0.370 e. The second-order valence-corrected chi connectivity index (χ2v) is 5.50. The molecule has 4 heteroatoms. The molecule has 1 rings (SSSR count). The molecule has 0 spiro atoms. The van der Waals surface area contributed by atoms with Crippen LogP contribution in [0.3, 0.4) is 0 Å². The zero-order chi connectivity index (χ0) is 13.7. The molecule has 18 heavy (non-hydrogen) atoms. The fourth-order valence-electron chi connectivity index (χ4n) is 2.18. The van der Waals surface area contributed by atoms with E-state index in [0.29, 0.717) is 11.6 Å². The zero-order valence-corrected chi connectivity index (χ0v) is 12.4. The first-order chi connectivity index (χ1) is 8.52. The molecule has 0 amide bonds. The van der Waals surface area contributed by atoms with Crippen LogP contribution in [0.25, 0.3) is 0 Å². The highest BCUT2D eigenvalue weighted by Crippen LogP contribution is 2.29. The first kappa shape index (κ1) is 15.3. The van der Waals surface area contributed by atoms with Crippen LogP contribution < -0.4 is 10.6 Å². The van der Waals surface area contributed by atoms with Crippen molar-refractivity contribution in [3.8, 4) is 0 Å². The molecule has 0 aliphatic carbocycles. The maximum Gasteiger partial charge on any atom is 0.130 e. The lowest BCUT2D eigenvalue weighted by Gasteiger charge is -2.31. The van der Waals surface area contributed by atoms with Crippen LogP contribution in [-0.4, -0.2) is 25.1 Å². The van der Waals surface area contributed by atoms with E-state index in [0.717, 1.165) is 17.9 Å². The zero-order valence-electron chi connectivity index (χ0n) is 11.6. The van der Waals surface area contributed by atoms with E-state index in [1.165, 1.54) is 6.07 Å². The monoisotopic (exact) mass is 270 g/mol. The van der Waals surface area contributed by atoms with Crippen molar-refractivity contribution < 1.29 is 4.39 Å². The van der Waals surface area contributed by atoms with Gasteiger partial charge in [0.2, 0.25) is 0 Å². The summed E-state index contributed by atoms with van der Waals surface area (Å²) in [5.74, 6) is 0.815. The van der Waals surface area contributed by atoms with E-state index in [-0.39, 0.29) is 11.9 Å². The van der Waals surface area contributed by atoms with Crippen LogP contribution in [0.15, 0.2) is 18.2 Å². The maximum absolute atomic E-state index is 13.9. The van der Waals surface area contributed by atoms with Gasteiger partial charge in [-0.05, 0) is 31.7 Å². The molecule has 0 bridgehead atoms. The number of hydrogen-bond acceptors (Lipinski definition) is 3. The average molecular weight is 270 g/mol. The highest BCUT2D eigenvalue weighted by atomic mass is 32.2. The number of halogens is 1. The van der Waals surface area contributed by atoms with Gasteiger partial charge < -0.3 is 10.6 Å². The third-order valence-corrected chi connectivity index (χ3v) is 3.96. The van der Waals surface area contributed by atoms with Crippen molar-refractivity contribution in [1.29, 1.82) is 0 Å². The summed E-state index contributed by atoms with van der Waals surface area (Å²) in [6.45, 7) is 3.98. The normalized spacial score (nSPS) is 14.3. The molecule has 1 aromatic rings. The quantitative estimate of drug-likeness (QED) is 0.859. The van der Waals surface area contributed by atoms with Gasteiger partial charge in [0.1, 0.15) is 5.82 Å². The van der Waals surface area contributed by atoms with Gasteiger partial charge in [0.15, 0.2) is 0 Å². The Kier molecular flexibility index (Phi) is 5.96. The van der Waals surface area contributed by atoms with Crippen molar-refractivity contribution in [2.45, 2.75) is 32.4 Å². The Labute approximate surface area is 114 Å². The van der Waals surface area contributed by atoms with Gasteiger partial charge in [-0.3, -0.25) is 0 Å². The second-order valence-electron chi connectivity index (χ2n) is 4.59. The van der Waals surface area contributed by atoms with Crippen LogP contribution in [0.2, 0.25) is 0 Å². The minimum absolute atomic E-state index is 0.214. The number of nitrogens with two attached hydrogens (primary N) is 1. The van der Waals surface area contributed by atoms with Crippen molar-refractivity contribution in [1.82, 2.24) is 0 Å². The molecule has 0 radical (unpaired) electrons. The Bertz CT molecular complexity index is 382. The number of rotatable bonds is 6. The van der Waals surface area contributed by atoms with Crippen molar-refractivity contribution in [2.75, 3.05) is 24.0 Å². The van der Waals surface area contributed by atoms with Crippen molar-refractivity contribution in [2.24, 2.45) is 5.73 Å². The summed E-state index contributed by atoms with van der Waals surface area (Å²) in [5, 5.41) is 0. The van der Waals surface area contributed by atoms with E-state index < -0.39 is 0 Å². The number of hydrogen-bond donors (Lipinski definition) is 1. The second kappa shape index (κ2) is 7.00. The molecule has 2 nitrogen and oxygen atoms in total. The SMILES string of the molecule is CCC(CSC)N(C)c1cccc(F)c1[C@H](C)N. The largest absolute Gasteiger partial charge is 0.370 e. The van der Waals surface area contributed by atoms with Gasteiger partial charge in [0.25, 0.3) is 0 Å². The summed E-state index contributed by atoms with van der Waals surface area (Å²) in [7, 11) is 2.02. The lowest BCUT2D eigenvalue weighted by molar-refractivity contribution is 0.587. The van der Waals surface area contributed by atoms with E-state index >= 15 is 0 Å². The highest BCUT2D eigenvalue weighted by Gasteiger charge is 2.19. The Hall–Kier alpha value is -0.740. The molecular weight excluding hydrogens is 247 g/mol. The summed E-state index contributed by atoms with van der Waals surface area (Å²) >= 11 is 1.81. The molecule has 102 valence electrons. The Morgan fingerprint density at radius 1 is 1.44 bits per heavy atom. The van der Waals surface area contributed by atoms with Crippen LogP contribution in [0, 0.1) is 5.82 Å². The van der Waals surface area contributed by atoms with Crippen LogP contribution in [-0.2, 0) is 0 Å². The van der Waals surface area contributed by atoms with Crippen LogP contribution >= 0.6 is 11.8 Å². The Morgan fingerprint density at radius 2 is 2.11 bits per heavy atom. The molecule has 0 aliphatic heterocycles. The standard InChI is InChI=1S/C14H23FN2S/c1-5-11(9-18-4)17(3)13-8-6-7-12(15)14(13)10(2)16/h6-8,10-11H,5,9,16H2,1-4H3/t10-,11?/m0/s1. The summed E-state index contributed by atoms with van der Waals surface area (Å²) in [4.78, 5) is 2.15. The molecule has 0 aromatic heterocycles. The van der Waals surface area contributed by atoms with Gasteiger partial charge in [-0.2, -0.15) is 11.8 Å². The van der Waals surface area contributed by atoms with Crippen molar-refractivity contribution in [3.63, 3.8) is 0 Å². The molecule has 2 N–H and O–H groups in total. The third kappa shape index (κ3) is 3.39. The summed E-state index contributed by atoms with van der Waals surface area (Å²) in [6, 6.07) is 5.28. The Balaban J connectivity index is 3.11. The number of thioether (sulfide) groups is 1. The maximum atomic E-state index is 13.9. The fraction of sp³-hybridized carbons (Fsp3) is 0.571. The molecule has 0 saturated heterocycles. The smallest absolute Gasteiger partial charge is 0.130 e. The van der Waals surface area contributed by atoms with E-state index in [2.05, 4.69) is 18.1 Å². The predicted molar refractivity (Wildman–Crippen MR) is 79.9 cm³/mol. The number of nitrogens with zero attached hydrogens (tertiary/aromatic N) is 1. The molecule has 0 aliphatic rings. The van der Waals surface area contributed by atoms with Gasteiger partial charge in [0, 0.05) is 36.1 Å².